The van der Waals surface area contributed by atoms with E-state index in [2.05, 4.69) is 5.92 Å². The monoisotopic (exact) mass is 480 g/mol. The summed E-state index contributed by atoms with van der Waals surface area (Å²) in [5.41, 5.74) is 0.832. The van der Waals surface area contributed by atoms with E-state index >= 15 is 0 Å². The van der Waals surface area contributed by atoms with E-state index in [0.717, 1.165) is 16.3 Å². The number of hydrogen-bond donors (Lipinski definition) is 0. The fourth-order valence-electron chi connectivity index (χ4n) is 4.23. The van der Waals surface area contributed by atoms with Gasteiger partial charge in [0.2, 0.25) is 15.9 Å². The molecule has 0 unspecified atom stereocenters. The zero-order valence-electron chi connectivity index (χ0n) is 18.2. The fourth-order valence-corrected chi connectivity index (χ4v) is 5.93. The molecule has 1 aliphatic rings. The van der Waals surface area contributed by atoms with Crippen LogP contribution >= 0.6 is 11.6 Å². The van der Waals surface area contributed by atoms with Crippen LogP contribution in [0.4, 0.5) is 0 Å². The molecular weight excluding hydrogens is 456 g/mol. The van der Waals surface area contributed by atoms with Crippen LogP contribution in [0.3, 0.4) is 0 Å². The first kappa shape index (κ1) is 23.3. The van der Waals surface area contributed by atoms with Gasteiger partial charge < -0.3 is 4.90 Å². The molecule has 3 aromatic rings. The summed E-state index contributed by atoms with van der Waals surface area (Å²) in [4.78, 5) is 15.1. The van der Waals surface area contributed by atoms with Crippen LogP contribution < -0.4 is 0 Å². The Morgan fingerprint density at radius 1 is 1.03 bits per heavy atom. The molecule has 0 N–H and O–H groups in total. The normalized spacial score (nSPS) is 15.3. The van der Waals surface area contributed by atoms with Gasteiger partial charge in [0.25, 0.3) is 0 Å². The highest BCUT2D eigenvalue weighted by atomic mass is 35.5. The minimum atomic E-state index is -3.63. The van der Waals surface area contributed by atoms with Gasteiger partial charge in [-0.2, -0.15) is 4.31 Å². The maximum atomic E-state index is 13.2. The van der Waals surface area contributed by atoms with Crippen molar-refractivity contribution in [3.8, 4) is 12.3 Å². The fraction of sp³-hybridized carbons (Fsp3) is 0.269. The van der Waals surface area contributed by atoms with Crippen LogP contribution in [0.2, 0.25) is 5.02 Å². The van der Waals surface area contributed by atoms with E-state index in [1.807, 2.05) is 48.5 Å². The summed E-state index contributed by atoms with van der Waals surface area (Å²) < 4.78 is 27.9. The lowest BCUT2D eigenvalue weighted by Crippen LogP contribution is -2.44. The Morgan fingerprint density at radius 3 is 2.39 bits per heavy atom. The summed E-state index contributed by atoms with van der Waals surface area (Å²) in [6.45, 7) is 1.10. The third kappa shape index (κ3) is 5.06. The lowest BCUT2D eigenvalue weighted by Gasteiger charge is -2.33. The highest BCUT2D eigenvalue weighted by molar-refractivity contribution is 7.89. The van der Waals surface area contributed by atoms with Crippen molar-refractivity contribution in [2.75, 3.05) is 19.6 Å². The van der Waals surface area contributed by atoms with Gasteiger partial charge in [0.1, 0.15) is 0 Å². The number of carbonyl (C=O) groups is 1. The quantitative estimate of drug-likeness (QED) is 0.486. The number of hydrogen-bond acceptors (Lipinski definition) is 3. The van der Waals surface area contributed by atoms with Crippen molar-refractivity contribution in [1.29, 1.82) is 0 Å². The number of benzene rings is 3. The molecule has 0 atom stereocenters. The Hall–Kier alpha value is -2.85. The average Bonchev–Trinajstić information content (AvgIpc) is 2.84. The smallest absolute Gasteiger partial charge is 0.243 e. The number of nitrogens with zero attached hydrogens (tertiary/aromatic N) is 2. The van der Waals surface area contributed by atoms with Crippen molar-refractivity contribution >= 4 is 38.3 Å². The number of carbonyl (C=O) groups excluding carboxylic acids is 1. The van der Waals surface area contributed by atoms with Crippen molar-refractivity contribution in [3.05, 3.63) is 77.3 Å². The molecule has 5 nitrogen and oxygen atoms in total. The number of terminal acetylenes is 1. The summed E-state index contributed by atoms with van der Waals surface area (Å²) in [6.07, 6.45) is 6.41. The first-order valence-corrected chi connectivity index (χ1v) is 12.7. The number of halogens is 1. The van der Waals surface area contributed by atoms with E-state index in [1.54, 1.807) is 23.1 Å². The van der Waals surface area contributed by atoms with Gasteiger partial charge in [0.15, 0.2) is 0 Å². The Balaban J connectivity index is 1.44. The molecule has 0 aromatic heterocycles. The van der Waals surface area contributed by atoms with Gasteiger partial charge in [-0.1, -0.05) is 66.1 Å². The second kappa shape index (κ2) is 9.96. The molecule has 170 valence electrons. The highest BCUT2D eigenvalue weighted by Gasteiger charge is 2.34. The van der Waals surface area contributed by atoms with E-state index < -0.39 is 10.0 Å². The maximum Gasteiger partial charge on any atom is 0.243 e. The van der Waals surface area contributed by atoms with Gasteiger partial charge in [-0.3, -0.25) is 4.79 Å². The summed E-state index contributed by atoms with van der Waals surface area (Å²) in [5.74, 6) is 2.22. The zero-order valence-corrected chi connectivity index (χ0v) is 19.7. The summed E-state index contributed by atoms with van der Waals surface area (Å²) in [6, 6.07) is 20.2. The van der Waals surface area contributed by atoms with Crippen molar-refractivity contribution in [2.24, 2.45) is 5.92 Å². The topological polar surface area (TPSA) is 57.7 Å². The van der Waals surface area contributed by atoms with E-state index in [1.165, 1.54) is 4.31 Å². The molecule has 0 bridgehead atoms. The molecule has 0 radical (unpaired) electrons. The molecule has 0 spiro atoms. The summed E-state index contributed by atoms with van der Waals surface area (Å²) in [7, 11) is -3.63. The second-order valence-electron chi connectivity index (χ2n) is 8.18. The number of fused-ring (bicyclic) bond motifs is 1. The van der Waals surface area contributed by atoms with Gasteiger partial charge in [0.05, 0.1) is 11.4 Å². The van der Waals surface area contributed by atoms with Crippen LogP contribution in [0.1, 0.15) is 18.4 Å². The number of rotatable bonds is 6. The van der Waals surface area contributed by atoms with Crippen LogP contribution in [0.15, 0.2) is 71.6 Å². The van der Waals surface area contributed by atoms with E-state index in [-0.39, 0.29) is 23.3 Å². The second-order valence-corrected chi connectivity index (χ2v) is 10.5. The number of sulfonamides is 1. The third-order valence-electron chi connectivity index (χ3n) is 6.07. The number of piperidine rings is 1. The lowest BCUT2D eigenvalue weighted by molar-refractivity contribution is -0.136. The maximum absolute atomic E-state index is 13.2. The molecule has 0 saturated carbocycles. The SMILES string of the molecule is C#CCN(Cc1ccccc1Cl)C(=O)C1CCN(S(=O)(=O)c2ccc3ccccc3c2)CC1. The zero-order chi connectivity index (χ0) is 23.4. The molecule has 7 heteroatoms. The van der Waals surface area contributed by atoms with Gasteiger partial charge in [-0.15, -0.1) is 6.42 Å². The van der Waals surface area contributed by atoms with Crippen LogP contribution in [-0.2, 0) is 21.4 Å². The predicted octanol–water partition coefficient (Wildman–Crippen LogP) is 4.56. The van der Waals surface area contributed by atoms with Gasteiger partial charge in [0, 0.05) is 30.6 Å². The molecule has 1 heterocycles. The van der Waals surface area contributed by atoms with E-state index in [0.29, 0.717) is 37.5 Å². The average molecular weight is 481 g/mol. The lowest BCUT2D eigenvalue weighted by atomic mass is 9.96. The van der Waals surface area contributed by atoms with Crippen LogP contribution in [-0.4, -0.2) is 43.2 Å². The first-order valence-electron chi connectivity index (χ1n) is 10.8. The summed E-state index contributed by atoms with van der Waals surface area (Å²) in [5, 5.41) is 2.46. The van der Waals surface area contributed by atoms with Crippen LogP contribution in [0.25, 0.3) is 10.8 Å². The predicted molar refractivity (Wildman–Crippen MR) is 131 cm³/mol. The molecule has 3 aromatic carbocycles. The highest BCUT2D eigenvalue weighted by Crippen LogP contribution is 2.28. The Morgan fingerprint density at radius 2 is 1.70 bits per heavy atom. The van der Waals surface area contributed by atoms with Gasteiger partial charge in [-0.25, -0.2) is 8.42 Å². The van der Waals surface area contributed by atoms with Gasteiger partial charge >= 0.3 is 0 Å². The van der Waals surface area contributed by atoms with Crippen molar-refractivity contribution < 1.29 is 13.2 Å². The Labute approximate surface area is 200 Å². The molecular formula is C26H25ClN2O3S. The summed E-state index contributed by atoms with van der Waals surface area (Å²) >= 11 is 6.26. The van der Waals surface area contributed by atoms with Crippen molar-refractivity contribution in [3.63, 3.8) is 0 Å². The molecule has 0 aliphatic carbocycles. The van der Waals surface area contributed by atoms with Gasteiger partial charge in [-0.05, 0) is 47.4 Å². The standard InChI is InChI=1S/C26H25ClN2O3S/c1-2-15-28(19-23-9-5-6-10-25(23)27)26(30)21-13-16-29(17-14-21)33(31,32)24-12-11-20-7-3-4-8-22(20)18-24/h1,3-12,18,21H,13-17,19H2. The Kier molecular flexibility index (Phi) is 7.04. The van der Waals surface area contributed by atoms with E-state index in [4.69, 9.17) is 18.0 Å². The van der Waals surface area contributed by atoms with Crippen LogP contribution in [0.5, 0.6) is 0 Å². The number of amides is 1. The minimum Gasteiger partial charge on any atom is -0.327 e. The first-order chi connectivity index (χ1) is 15.9. The van der Waals surface area contributed by atoms with Crippen LogP contribution in [0, 0.1) is 18.3 Å². The van der Waals surface area contributed by atoms with Crippen molar-refractivity contribution in [1.82, 2.24) is 9.21 Å². The van der Waals surface area contributed by atoms with E-state index in [9.17, 15) is 13.2 Å². The minimum absolute atomic E-state index is 0.0596. The molecule has 4 rings (SSSR count). The molecule has 1 fully saturated rings. The van der Waals surface area contributed by atoms with Crippen molar-refractivity contribution in [2.45, 2.75) is 24.3 Å². The third-order valence-corrected chi connectivity index (χ3v) is 8.34. The Bertz CT molecular complexity index is 1310. The molecule has 1 saturated heterocycles. The molecule has 1 aliphatic heterocycles. The largest absolute Gasteiger partial charge is 0.327 e. The molecule has 1 amide bonds. The molecule has 33 heavy (non-hydrogen) atoms.